The highest BCUT2D eigenvalue weighted by Gasteiger charge is 2.25. The van der Waals surface area contributed by atoms with Gasteiger partial charge in [-0.1, -0.05) is 32.4 Å². The van der Waals surface area contributed by atoms with E-state index in [1.165, 1.54) is 11.3 Å². The number of hydrogen-bond donors (Lipinski definition) is 2. The van der Waals surface area contributed by atoms with Crippen LogP contribution < -0.4 is 11.1 Å². The fourth-order valence-electron chi connectivity index (χ4n) is 1.29. The van der Waals surface area contributed by atoms with Crippen LogP contribution in [0.2, 0.25) is 4.34 Å². The first-order valence-corrected chi connectivity index (χ1v) is 6.30. The van der Waals surface area contributed by atoms with Crippen molar-refractivity contribution in [3.05, 3.63) is 21.3 Å². The van der Waals surface area contributed by atoms with Crippen molar-refractivity contribution in [2.24, 2.45) is 11.1 Å². The zero-order chi connectivity index (χ0) is 12.3. The number of nitrogens with two attached hydrogens (primary N) is 1. The summed E-state index contributed by atoms with van der Waals surface area (Å²) >= 11 is 7.05. The van der Waals surface area contributed by atoms with Gasteiger partial charge >= 0.3 is 0 Å². The van der Waals surface area contributed by atoms with E-state index in [2.05, 4.69) is 5.32 Å². The van der Waals surface area contributed by atoms with Gasteiger partial charge in [0.2, 0.25) is 0 Å². The van der Waals surface area contributed by atoms with Gasteiger partial charge in [-0.2, -0.15) is 0 Å². The van der Waals surface area contributed by atoms with Gasteiger partial charge in [0.05, 0.1) is 9.21 Å². The summed E-state index contributed by atoms with van der Waals surface area (Å²) in [4.78, 5) is 12.5. The van der Waals surface area contributed by atoms with Crippen LogP contribution in [0.15, 0.2) is 12.1 Å². The zero-order valence-corrected chi connectivity index (χ0v) is 11.3. The first kappa shape index (κ1) is 13.5. The van der Waals surface area contributed by atoms with E-state index in [4.69, 9.17) is 17.3 Å². The van der Waals surface area contributed by atoms with Crippen molar-refractivity contribution < 1.29 is 4.79 Å². The molecule has 1 rings (SSSR count). The van der Waals surface area contributed by atoms with E-state index in [9.17, 15) is 4.79 Å². The highest BCUT2D eigenvalue weighted by molar-refractivity contribution is 7.17. The minimum Gasteiger partial charge on any atom is -0.347 e. The standard InChI is InChI=1S/C11H17ClN2OS/c1-11(2,3)8(6-13)14-10(15)7-4-5-9(12)16-7/h4-5,8H,6,13H2,1-3H3,(H,14,15). The van der Waals surface area contributed by atoms with Crippen LogP contribution >= 0.6 is 22.9 Å². The Balaban J connectivity index is 2.70. The molecule has 90 valence electrons. The average molecular weight is 261 g/mol. The van der Waals surface area contributed by atoms with E-state index in [0.717, 1.165) is 0 Å². The maximum absolute atomic E-state index is 11.9. The minimum atomic E-state index is -0.109. The highest BCUT2D eigenvalue weighted by atomic mass is 35.5. The van der Waals surface area contributed by atoms with E-state index < -0.39 is 0 Å². The van der Waals surface area contributed by atoms with Crippen molar-refractivity contribution >= 4 is 28.8 Å². The van der Waals surface area contributed by atoms with Gasteiger partial charge < -0.3 is 11.1 Å². The second kappa shape index (κ2) is 5.17. The molecule has 0 radical (unpaired) electrons. The van der Waals surface area contributed by atoms with Crippen LogP contribution in [0.4, 0.5) is 0 Å². The minimum absolute atomic E-state index is 0.0409. The Kier molecular flexibility index (Phi) is 4.35. The summed E-state index contributed by atoms with van der Waals surface area (Å²) in [5.41, 5.74) is 5.60. The van der Waals surface area contributed by atoms with Gasteiger partial charge in [-0.3, -0.25) is 4.79 Å². The zero-order valence-electron chi connectivity index (χ0n) is 9.71. The SMILES string of the molecule is CC(C)(C)C(CN)NC(=O)c1ccc(Cl)s1. The Bertz CT molecular complexity index is 370. The van der Waals surface area contributed by atoms with Crippen LogP contribution in [0.3, 0.4) is 0 Å². The molecule has 0 saturated heterocycles. The number of hydrogen-bond acceptors (Lipinski definition) is 3. The molecular weight excluding hydrogens is 244 g/mol. The molecule has 0 aliphatic heterocycles. The van der Waals surface area contributed by atoms with Crippen LogP contribution in [0.25, 0.3) is 0 Å². The molecule has 3 nitrogen and oxygen atoms in total. The maximum Gasteiger partial charge on any atom is 0.261 e. The molecule has 1 amide bonds. The molecule has 0 aliphatic carbocycles. The van der Waals surface area contributed by atoms with E-state index in [1.807, 2.05) is 20.8 Å². The van der Waals surface area contributed by atoms with Crippen LogP contribution in [0.1, 0.15) is 30.4 Å². The lowest BCUT2D eigenvalue weighted by atomic mass is 9.87. The summed E-state index contributed by atoms with van der Waals surface area (Å²) in [6.07, 6.45) is 0. The van der Waals surface area contributed by atoms with Crippen LogP contribution in [0, 0.1) is 5.41 Å². The molecular formula is C11H17ClN2OS. The molecule has 0 aromatic carbocycles. The first-order valence-electron chi connectivity index (χ1n) is 5.11. The molecule has 0 aliphatic rings. The van der Waals surface area contributed by atoms with Crippen molar-refractivity contribution in [1.29, 1.82) is 0 Å². The number of amides is 1. The van der Waals surface area contributed by atoms with Gasteiger partial charge in [0.15, 0.2) is 0 Å². The Morgan fingerprint density at radius 1 is 1.56 bits per heavy atom. The van der Waals surface area contributed by atoms with Gasteiger partial charge in [0.1, 0.15) is 0 Å². The summed E-state index contributed by atoms with van der Waals surface area (Å²) in [6, 6.07) is 3.40. The normalized spacial score (nSPS) is 13.6. The monoisotopic (exact) mass is 260 g/mol. The number of carbonyl (C=O) groups is 1. The van der Waals surface area contributed by atoms with E-state index in [1.54, 1.807) is 12.1 Å². The Labute approximate surface area is 105 Å². The third kappa shape index (κ3) is 3.47. The lowest BCUT2D eigenvalue weighted by Crippen LogP contribution is -2.48. The van der Waals surface area contributed by atoms with E-state index >= 15 is 0 Å². The lowest BCUT2D eigenvalue weighted by Gasteiger charge is -2.30. The Morgan fingerprint density at radius 3 is 2.56 bits per heavy atom. The number of nitrogens with one attached hydrogen (secondary N) is 1. The average Bonchev–Trinajstić information content (AvgIpc) is 2.59. The molecule has 0 saturated carbocycles. The molecule has 3 N–H and O–H groups in total. The van der Waals surface area contributed by atoms with Gasteiger partial charge in [-0.25, -0.2) is 0 Å². The molecule has 16 heavy (non-hydrogen) atoms. The maximum atomic E-state index is 11.9. The Morgan fingerprint density at radius 2 is 2.19 bits per heavy atom. The Hall–Kier alpha value is -0.580. The molecule has 1 atom stereocenters. The smallest absolute Gasteiger partial charge is 0.261 e. The first-order chi connectivity index (χ1) is 7.34. The molecule has 1 heterocycles. The van der Waals surface area contributed by atoms with Gasteiger partial charge in [-0.05, 0) is 17.5 Å². The van der Waals surface area contributed by atoms with Gasteiger partial charge in [0.25, 0.3) is 5.91 Å². The number of thiophene rings is 1. The van der Waals surface area contributed by atoms with Crippen LogP contribution in [-0.4, -0.2) is 18.5 Å². The summed E-state index contributed by atoms with van der Waals surface area (Å²) in [5.74, 6) is -0.109. The topological polar surface area (TPSA) is 55.1 Å². The molecule has 1 aromatic rings. The third-order valence-electron chi connectivity index (χ3n) is 2.38. The fraction of sp³-hybridized carbons (Fsp3) is 0.545. The second-order valence-electron chi connectivity index (χ2n) is 4.73. The van der Waals surface area contributed by atoms with Crippen molar-refractivity contribution in [1.82, 2.24) is 5.32 Å². The molecule has 5 heteroatoms. The quantitative estimate of drug-likeness (QED) is 0.877. The van der Waals surface area contributed by atoms with Crippen molar-refractivity contribution in [2.75, 3.05) is 6.54 Å². The predicted molar refractivity (Wildman–Crippen MR) is 69.1 cm³/mol. The van der Waals surface area contributed by atoms with Gasteiger partial charge in [-0.15, -0.1) is 11.3 Å². The summed E-state index contributed by atoms with van der Waals surface area (Å²) in [6.45, 7) is 6.57. The molecule has 1 unspecified atom stereocenters. The van der Waals surface area contributed by atoms with Crippen LogP contribution in [0.5, 0.6) is 0 Å². The van der Waals surface area contributed by atoms with Gasteiger partial charge in [0, 0.05) is 12.6 Å². The lowest BCUT2D eigenvalue weighted by molar-refractivity contribution is 0.0909. The molecule has 0 bridgehead atoms. The van der Waals surface area contributed by atoms with E-state index in [-0.39, 0.29) is 17.4 Å². The predicted octanol–water partition coefficient (Wildman–Crippen LogP) is 2.50. The van der Waals surface area contributed by atoms with Crippen LogP contribution in [-0.2, 0) is 0 Å². The largest absolute Gasteiger partial charge is 0.347 e. The fourth-order valence-corrected chi connectivity index (χ4v) is 2.24. The van der Waals surface area contributed by atoms with Crippen molar-refractivity contribution in [3.63, 3.8) is 0 Å². The number of carbonyl (C=O) groups excluding carboxylic acids is 1. The second-order valence-corrected chi connectivity index (χ2v) is 6.45. The molecule has 0 fully saturated rings. The third-order valence-corrected chi connectivity index (χ3v) is 3.61. The molecule has 1 aromatic heterocycles. The number of halogens is 1. The highest BCUT2D eigenvalue weighted by Crippen LogP contribution is 2.23. The van der Waals surface area contributed by atoms with Crippen molar-refractivity contribution in [3.8, 4) is 0 Å². The summed E-state index contributed by atoms with van der Waals surface area (Å²) in [7, 11) is 0. The number of rotatable bonds is 3. The van der Waals surface area contributed by atoms with E-state index in [0.29, 0.717) is 15.8 Å². The summed E-state index contributed by atoms with van der Waals surface area (Å²) < 4.78 is 0.616. The molecule has 0 spiro atoms. The summed E-state index contributed by atoms with van der Waals surface area (Å²) in [5, 5.41) is 2.92. The van der Waals surface area contributed by atoms with Crippen molar-refractivity contribution in [2.45, 2.75) is 26.8 Å².